The third-order valence-corrected chi connectivity index (χ3v) is 4.64. The lowest BCUT2D eigenvalue weighted by Crippen LogP contribution is -2.18. The number of sulfonamides is 1. The van der Waals surface area contributed by atoms with E-state index in [0.717, 1.165) is 4.68 Å². The highest BCUT2D eigenvalue weighted by molar-refractivity contribution is 9.10. The van der Waals surface area contributed by atoms with Gasteiger partial charge < -0.3 is 5.73 Å². The Morgan fingerprint density at radius 1 is 1.47 bits per heavy atom. The van der Waals surface area contributed by atoms with Crippen molar-refractivity contribution in [2.24, 2.45) is 7.05 Å². The van der Waals surface area contributed by atoms with Gasteiger partial charge >= 0.3 is 0 Å². The lowest BCUT2D eigenvalue weighted by molar-refractivity contribution is 0.582. The van der Waals surface area contributed by atoms with Gasteiger partial charge in [0.2, 0.25) is 0 Å². The van der Waals surface area contributed by atoms with Crippen LogP contribution in [0.5, 0.6) is 0 Å². The number of anilines is 2. The predicted octanol–water partition coefficient (Wildman–Crippen LogP) is 1.61. The average Bonchev–Trinajstić information content (AvgIpc) is 2.63. The van der Waals surface area contributed by atoms with E-state index in [1.807, 2.05) is 0 Å². The van der Waals surface area contributed by atoms with E-state index < -0.39 is 10.0 Å². The number of rotatable bonds is 3. The monoisotopic (exact) mass is 365 g/mol. The summed E-state index contributed by atoms with van der Waals surface area (Å²) in [5, 5.41) is 3.66. The molecule has 0 aliphatic rings. The average molecular weight is 367 g/mol. The SMILES string of the molecule is Cn1ncc(Cl)c1S(=O)(=O)Nc1ncc(N)cc1Br. The molecule has 0 aliphatic carbocycles. The van der Waals surface area contributed by atoms with E-state index in [0.29, 0.717) is 10.2 Å². The molecule has 2 rings (SSSR count). The van der Waals surface area contributed by atoms with Gasteiger partial charge in [-0.15, -0.1) is 0 Å². The third-order valence-electron chi connectivity index (χ3n) is 2.19. The van der Waals surface area contributed by atoms with Crippen LogP contribution in [0.2, 0.25) is 5.02 Å². The summed E-state index contributed by atoms with van der Waals surface area (Å²) >= 11 is 8.98. The van der Waals surface area contributed by atoms with E-state index in [2.05, 4.69) is 30.7 Å². The van der Waals surface area contributed by atoms with Gasteiger partial charge in [-0.3, -0.25) is 9.40 Å². The predicted molar refractivity (Wildman–Crippen MR) is 75.4 cm³/mol. The second-order valence-electron chi connectivity index (χ2n) is 3.63. The maximum atomic E-state index is 12.2. The standard InChI is InChI=1S/C9H9BrClN5O2S/c1-16-9(7(11)4-14-16)19(17,18)15-8-6(10)2-5(12)3-13-8/h2-4H,12H2,1H3,(H,13,15). The van der Waals surface area contributed by atoms with Crippen molar-refractivity contribution in [3.8, 4) is 0 Å². The Balaban J connectivity index is 2.42. The lowest BCUT2D eigenvalue weighted by Gasteiger charge is -2.09. The van der Waals surface area contributed by atoms with Crippen molar-refractivity contribution < 1.29 is 8.42 Å². The maximum Gasteiger partial charge on any atom is 0.281 e. The summed E-state index contributed by atoms with van der Waals surface area (Å²) in [6, 6.07) is 1.54. The number of nitrogens with one attached hydrogen (secondary N) is 1. The second kappa shape index (κ2) is 4.99. The Labute approximate surface area is 123 Å². The molecule has 10 heteroatoms. The quantitative estimate of drug-likeness (QED) is 0.859. The van der Waals surface area contributed by atoms with Gasteiger partial charge in [-0.1, -0.05) is 11.6 Å². The molecule has 7 nitrogen and oxygen atoms in total. The maximum absolute atomic E-state index is 12.2. The van der Waals surface area contributed by atoms with E-state index in [-0.39, 0.29) is 15.9 Å². The van der Waals surface area contributed by atoms with Crippen LogP contribution in [-0.2, 0) is 17.1 Å². The first-order valence-electron chi connectivity index (χ1n) is 4.92. The smallest absolute Gasteiger partial charge is 0.281 e. The van der Waals surface area contributed by atoms with Gasteiger partial charge in [-0.2, -0.15) is 13.5 Å². The molecule has 0 aliphatic heterocycles. The van der Waals surface area contributed by atoms with Crippen molar-refractivity contribution in [1.82, 2.24) is 14.8 Å². The van der Waals surface area contributed by atoms with E-state index in [1.165, 1.54) is 25.5 Å². The molecule has 0 saturated heterocycles. The van der Waals surface area contributed by atoms with Gasteiger partial charge in [-0.25, -0.2) is 4.98 Å². The Kier molecular flexibility index (Phi) is 3.70. The molecule has 102 valence electrons. The van der Waals surface area contributed by atoms with Crippen molar-refractivity contribution >= 4 is 49.1 Å². The molecule has 19 heavy (non-hydrogen) atoms. The molecule has 0 aromatic carbocycles. The topological polar surface area (TPSA) is 103 Å². The van der Waals surface area contributed by atoms with Crippen LogP contribution in [0.3, 0.4) is 0 Å². The summed E-state index contributed by atoms with van der Waals surface area (Å²) in [5.74, 6) is 0.117. The number of pyridine rings is 1. The number of nitrogen functional groups attached to an aromatic ring is 1. The molecule has 0 fully saturated rings. The Morgan fingerprint density at radius 2 is 2.16 bits per heavy atom. The van der Waals surface area contributed by atoms with E-state index in [9.17, 15) is 8.42 Å². The molecule has 2 heterocycles. The van der Waals surface area contributed by atoms with Gasteiger partial charge in [0.15, 0.2) is 10.8 Å². The van der Waals surface area contributed by atoms with Gasteiger partial charge in [-0.05, 0) is 22.0 Å². The van der Waals surface area contributed by atoms with Gasteiger partial charge in [0, 0.05) is 7.05 Å². The molecule has 0 spiro atoms. The number of hydrogen-bond donors (Lipinski definition) is 2. The molecule has 3 N–H and O–H groups in total. The minimum absolute atomic E-state index is 0.0292. The van der Waals surface area contributed by atoms with E-state index in [4.69, 9.17) is 17.3 Å². The zero-order valence-electron chi connectivity index (χ0n) is 9.63. The second-order valence-corrected chi connectivity index (χ2v) is 6.49. The number of halogens is 2. The molecular weight excluding hydrogens is 358 g/mol. The molecule has 0 amide bonds. The molecule has 0 atom stereocenters. The first kappa shape index (κ1) is 14.1. The van der Waals surface area contributed by atoms with Crippen LogP contribution in [-0.4, -0.2) is 23.2 Å². The number of hydrogen-bond acceptors (Lipinski definition) is 5. The first-order valence-corrected chi connectivity index (χ1v) is 7.58. The molecular formula is C9H9BrClN5O2S. The number of nitrogens with zero attached hydrogens (tertiary/aromatic N) is 3. The number of aromatic nitrogens is 3. The van der Waals surface area contributed by atoms with Gasteiger partial charge in [0.25, 0.3) is 10.0 Å². The summed E-state index contributed by atoms with van der Waals surface area (Å²) in [6.45, 7) is 0. The molecule has 2 aromatic rings. The van der Waals surface area contributed by atoms with Crippen molar-refractivity contribution in [1.29, 1.82) is 0 Å². The van der Waals surface area contributed by atoms with Crippen molar-refractivity contribution in [3.05, 3.63) is 28.0 Å². The lowest BCUT2D eigenvalue weighted by atomic mass is 10.4. The summed E-state index contributed by atoms with van der Waals surface area (Å²) < 4.78 is 28.3. The highest BCUT2D eigenvalue weighted by Gasteiger charge is 2.24. The minimum Gasteiger partial charge on any atom is -0.397 e. The molecule has 0 radical (unpaired) electrons. The fraction of sp³-hybridized carbons (Fsp3) is 0.111. The number of aryl methyl sites for hydroxylation is 1. The van der Waals surface area contributed by atoms with E-state index in [1.54, 1.807) is 0 Å². The normalized spacial score (nSPS) is 11.5. The third kappa shape index (κ3) is 2.82. The summed E-state index contributed by atoms with van der Waals surface area (Å²) in [4.78, 5) is 3.90. The molecule has 0 saturated carbocycles. The summed E-state index contributed by atoms with van der Waals surface area (Å²) in [7, 11) is -2.40. The van der Waals surface area contributed by atoms with Crippen LogP contribution in [0.4, 0.5) is 11.5 Å². The van der Waals surface area contributed by atoms with E-state index >= 15 is 0 Å². The minimum atomic E-state index is -3.88. The molecule has 0 unspecified atom stereocenters. The summed E-state index contributed by atoms with van der Waals surface area (Å²) in [5.41, 5.74) is 5.94. The fourth-order valence-electron chi connectivity index (χ4n) is 1.41. The van der Waals surface area contributed by atoms with Gasteiger partial charge in [0.1, 0.15) is 0 Å². The highest BCUT2D eigenvalue weighted by atomic mass is 79.9. The zero-order chi connectivity index (χ0) is 14.2. The molecule has 2 aromatic heterocycles. The molecule has 0 bridgehead atoms. The van der Waals surface area contributed by atoms with Crippen molar-refractivity contribution in [3.63, 3.8) is 0 Å². The Bertz CT molecular complexity index is 711. The summed E-state index contributed by atoms with van der Waals surface area (Å²) in [6.07, 6.45) is 2.59. The van der Waals surface area contributed by atoms with Crippen LogP contribution in [0, 0.1) is 0 Å². The highest BCUT2D eigenvalue weighted by Crippen LogP contribution is 2.26. The Morgan fingerprint density at radius 3 is 2.68 bits per heavy atom. The van der Waals surface area contributed by atoms with Gasteiger partial charge in [0.05, 0.1) is 27.6 Å². The van der Waals surface area contributed by atoms with Crippen molar-refractivity contribution in [2.75, 3.05) is 10.5 Å². The van der Waals surface area contributed by atoms with Crippen LogP contribution in [0.1, 0.15) is 0 Å². The Hall–Kier alpha value is -1.32. The van der Waals surface area contributed by atoms with Crippen LogP contribution in [0.25, 0.3) is 0 Å². The zero-order valence-corrected chi connectivity index (χ0v) is 12.8. The largest absolute Gasteiger partial charge is 0.397 e. The van der Waals surface area contributed by atoms with Crippen molar-refractivity contribution in [2.45, 2.75) is 5.03 Å². The first-order chi connectivity index (χ1) is 8.81. The van der Waals surface area contributed by atoms with Crippen LogP contribution < -0.4 is 10.5 Å². The fourth-order valence-corrected chi connectivity index (χ4v) is 3.69. The van der Waals surface area contributed by atoms with Crippen LogP contribution >= 0.6 is 27.5 Å². The van der Waals surface area contributed by atoms with Crippen LogP contribution in [0.15, 0.2) is 28.0 Å². The number of nitrogens with two attached hydrogens (primary N) is 1.